The molecule has 1 saturated heterocycles. The van der Waals surface area contributed by atoms with Crippen LogP contribution in [-0.4, -0.2) is 58.5 Å². The summed E-state index contributed by atoms with van der Waals surface area (Å²) in [5.74, 6) is -1.98. The Morgan fingerprint density at radius 3 is 2.33 bits per heavy atom. The summed E-state index contributed by atoms with van der Waals surface area (Å²) in [6.45, 7) is 1.03. The van der Waals surface area contributed by atoms with Crippen molar-refractivity contribution in [1.82, 2.24) is 19.2 Å². The van der Waals surface area contributed by atoms with E-state index in [4.69, 9.17) is 0 Å². The first kappa shape index (κ1) is 33.3. The van der Waals surface area contributed by atoms with Gasteiger partial charge in [-0.15, -0.1) is 0 Å². The number of aromatic nitrogens is 2. The molecule has 2 fully saturated rings. The predicted octanol–water partition coefficient (Wildman–Crippen LogP) is 4.92. The van der Waals surface area contributed by atoms with Crippen LogP contribution >= 0.6 is 0 Å². The zero-order valence-electron chi connectivity index (χ0n) is 25.1. The largest absolute Gasteiger partial charge is 0.389 e. The number of carbonyl (C=O) groups excluding carboxylic acids is 1. The number of alkyl halides is 3. The first-order valence-corrected chi connectivity index (χ1v) is 16.4. The number of carbonyl (C=O) groups is 1. The van der Waals surface area contributed by atoms with Crippen molar-refractivity contribution in [3.8, 4) is 11.3 Å². The highest BCUT2D eigenvalue weighted by Crippen LogP contribution is 2.52. The molecule has 11 nitrogen and oxygen atoms in total. The van der Waals surface area contributed by atoms with Crippen molar-refractivity contribution in [3.63, 3.8) is 0 Å². The molecule has 46 heavy (non-hydrogen) atoms. The number of halogens is 3. The SMILES string of the molecule is C[C@H](CC(F)(F)F)C(=O)N1CCC(Cn2cnc(-c3ccccc3)cc2=O)(NS(=O)(=O)c2ccc([N+](=O)[O-])cc2)C2(CCCC2)C1. The van der Waals surface area contributed by atoms with Crippen molar-refractivity contribution < 1.29 is 31.3 Å². The summed E-state index contributed by atoms with van der Waals surface area (Å²) in [4.78, 5) is 42.9. The van der Waals surface area contributed by atoms with Gasteiger partial charge in [0.15, 0.2) is 0 Å². The van der Waals surface area contributed by atoms with Gasteiger partial charge >= 0.3 is 6.18 Å². The van der Waals surface area contributed by atoms with E-state index in [1.54, 1.807) is 24.3 Å². The number of rotatable bonds is 9. The number of non-ortho nitro benzene ring substituents is 1. The lowest BCUT2D eigenvalue weighted by atomic mass is 9.64. The summed E-state index contributed by atoms with van der Waals surface area (Å²) in [6.07, 6.45) is -2.17. The van der Waals surface area contributed by atoms with Crippen LogP contribution in [0.3, 0.4) is 0 Å². The molecule has 0 radical (unpaired) electrons. The second kappa shape index (κ2) is 12.6. The number of likely N-dealkylation sites (tertiary alicyclic amines) is 1. The van der Waals surface area contributed by atoms with Crippen LogP contribution in [0.4, 0.5) is 18.9 Å². The molecule has 5 rings (SSSR count). The summed E-state index contributed by atoms with van der Waals surface area (Å²) in [6, 6.07) is 14.8. The average Bonchev–Trinajstić information content (AvgIpc) is 3.48. The number of nitro benzene ring substituents is 1. The Labute approximate surface area is 263 Å². The van der Waals surface area contributed by atoms with Gasteiger partial charge in [0, 0.05) is 54.7 Å². The molecule has 1 aliphatic heterocycles. The normalized spacial score (nSPS) is 20.5. The minimum Gasteiger partial charge on any atom is -0.342 e. The molecule has 1 amide bonds. The summed E-state index contributed by atoms with van der Waals surface area (Å²) in [5, 5.41) is 11.2. The lowest BCUT2D eigenvalue weighted by Crippen LogP contribution is -2.69. The molecule has 2 heterocycles. The number of sulfonamides is 1. The zero-order valence-corrected chi connectivity index (χ0v) is 25.9. The smallest absolute Gasteiger partial charge is 0.342 e. The molecule has 1 aromatic heterocycles. The van der Waals surface area contributed by atoms with Gasteiger partial charge in [0.2, 0.25) is 15.9 Å². The van der Waals surface area contributed by atoms with Gasteiger partial charge in [-0.25, -0.2) is 18.1 Å². The van der Waals surface area contributed by atoms with E-state index in [1.807, 2.05) is 6.07 Å². The van der Waals surface area contributed by atoms with E-state index in [0.29, 0.717) is 36.9 Å². The number of piperidine rings is 1. The Balaban J connectivity index is 1.55. The number of benzene rings is 2. The number of hydrogen-bond donors (Lipinski definition) is 1. The highest BCUT2D eigenvalue weighted by Gasteiger charge is 2.58. The van der Waals surface area contributed by atoms with Gasteiger partial charge in [0.05, 0.1) is 33.8 Å². The number of amides is 1. The molecule has 2 aromatic carbocycles. The van der Waals surface area contributed by atoms with Crippen LogP contribution in [0.25, 0.3) is 11.3 Å². The topological polar surface area (TPSA) is 145 Å². The fourth-order valence-corrected chi connectivity index (χ4v) is 8.42. The minimum absolute atomic E-state index is 0.00108. The third-order valence-corrected chi connectivity index (χ3v) is 10.8. The maximum absolute atomic E-state index is 13.9. The van der Waals surface area contributed by atoms with Crippen molar-refractivity contribution in [2.45, 2.75) is 68.6 Å². The first-order valence-electron chi connectivity index (χ1n) is 14.9. The fourth-order valence-electron chi connectivity index (χ4n) is 6.91. The van der Waals surface area contributed by atoms with E-state index in [2.05, 4.69) is 9.71 Å². The van der Waals surface area contributed by atoms with E-state index in [-0.39, 0.29) is 36.6 Å². The lowest BCUT2D eigenvalue weighted by molar-refractivity contribution is -0.384. The minimum atomic E-state index is -4.53. The number of hydrogen-bond acceptors (Lipinski definition) is 7. The Morgan fingerprint density at radius 1 is 1.09 bits per heavy atom. The second-order valence-corrected chi connectivity index (χ2v) is 13.9. The molecule has 1 N–H and O–H groups in total. The number of nitro groups is 1. The standard InChI is InChI=1S/C31H34F3N5O6S/c1-22(18-31(32,33)34)28(41)37-16-15-30(29(19-37)13-5-6-14-29,36-46(44,45)25-11-9-24(10-12-25)39(42)43)20-38-21-35-26(17-27(38)40)23-7-3-2-4-8-23/h2-4,7-12,17,21-22,36H,5-6,13-16,18-20H2,1H3/t22-,30?/m1/s1. The van der Waals surface area contributed by atoms with Crippen molar-refractivity contribution in [2.24, 2.45) is 11.3 Å². The molecule has 246 valence electrons. The van der Waals surface area contributed by atoms with Crippen LogP contribution < -0.4 is 10.3 Å². The second-order valence-electron chi connectivity index (χ2n) is 12.3. The third-order valence-electron chi connectivity index (χ3n) is 9.23. The van der Waals surface area contributed by atoms with Crippen LogP contribution in [0.5, 0.6) is 0 Å². The maximum Gasteiger partial charge on any atom is 0.389 e. The average molecular weight is 662 g/mol. The molecule has 15 heteroatoms. The Bertz CT molecular complexity index is 1760. The van der Waals surface area contributed by atoms with Gasteiger partial charge in [-0.2, -0.15) is 13.2 Å². The van der Waals surface area contributed by atoms with Gasteiger partial charge in [-0.05, 0) is 31.4 Å². The van der Waals surface area contributed by atoms with Crippen molar-refractivity contribution in [3.05, 3.63) is 87.5 Å². The van der Waals surface area contributed by atoms with Gasteiger partial charge in [0.25, 0.3) is 11.2 Å². The van der Waals surface area contributed by atoms with E-state index in [1.165, 1.54) is 28.8 Å². The summed E-state index contributed by atoms with van der Waals surface area (Å²) in [5.41, 5.74) is -1.87. The molecule has 2 atom stereocenters. The van der Waals surface area contributed by atoms with Gasteiger partial charge in [-0.1, -0.05) is 50.1 Å². The van der Waals surface area contributed by atoms with Gasteiger partial charge in [0.1, 0.15) is 0 Å². The highest BCUT2D eigenvalue weighted by atomic mass is 32.2. The van der Waals surface area contributed by atoms with Crippen LogP contribution in [0.2, 0.25) is 0 Å². The van der Waals surface area contributed by atoms with Crippen LogP contribution in [0, 0.1) is 21.4 Å². The molecule has 0 bridgehead atoms. The van der Waals surface area contributed by atoms with Crippen molar-refractivity contribution >= 4 is 21.6 Å². The fraction of sp³-hybridized carbons (Fsp3) is 0.452. The Hall–Kier alpha value is -4.11. The van der Waals surface area contributed by atoms with Crippen LogP contribution in [0.15, 0.2) is 76.7 Å². The number of nitrogens with one attached hydrogen (secondary N) is 1. The molecule has 3 aromatic rings. The first-order chi connectivity index (χ1) is 21.6. The molecule has 1 unspecified atom stereocenters. The predicted molar refractivity (Wildman–Crippen MR) is 162 cm³/mol. The van der Waals surface area contributed by atoms with Gasteiger partial charge in [-0.3, -0.25) is 24.3 Å². The molecule has 1 spiro atoms. The third kappa shape index (κ3) is 6.84. The maximum atomic E-state index is 13.9. The van der Waals surface area contributed by atoms with E-state index < -0.39 is 55.9 Å². The van der Waals surface area contributed by atoms with Crippen LogP contribution in [-0.2, 0) is 21.4 Å². The Morgan fingerprint density at radius 2 is 1.74 bits per heavy atom. The highest BCUT2D eigenvalue weighted by molar-refractivity contribution is 7.89. The van der Waals surface area contributed by atoms with Crippen LogP contribution in [0.1, 0.15) is 45.4 Å². The summed E-state index contributed by atoms with van der Waals surface area (Å²) >= 11 is 0. The van der Waals surface area contributed by atoms with Crippen molar-refractivity contribution in [2.75, 3.05) is 13.1 Å². The lowest BCUT2D eigenvalue weighted by Gasteiger charge is -2.55. The van der Waals surface area contributed by atoms with E-state index in [0.717, 1.165) is 24.3 Å². The van der Waals surface area contributed by atoms with Gasteiger partial charge < -0.3 is 4.90 Å². The van der Waals surface area contributed by atoms with Crippen molar-refractivity contribution in [1.29, 1.82) is 0 Å². The molecular formula is C31H34F3N5O6S. The Kier molecular flexibility index (Phi) is 9.10. The summed E-state index contributed by atoms with van der Waals surface area (Å²) < 4.78 is 71.5. The molecule has 1 aliphatic carbocycles. The molecule has 1 saturated carbocycles. The zero-order chi connectivity index (χ0) is 33.3. The summed E-state index contributed by atoms with van der Waals surface area (Å²) in [7, 11) is -4.35. The number of nitrogens with zero attached hydrogens (tertiary/aromatic N) is 4. The molecule has 2 aliphatic rings. The molecular weight excluding hydrogens is 627 g/mol. The monoisotopic (exact) mass is 661 g/mol. The van der Waals surface area contributed by atoms with E-state index in [9.17, 15) is 41.3 Å². The quantitative estimate of drug-likeness (QED) is 0.253. The van der Waals surface area contributed by atoms with E-state index >= 15 is 0 Å².